The summed E-state index contributed by atoms with van der Waals surface area (Å²) in [5, 5.41) is 11.7. The van der Waals surface area contributed by atoms with Gasteiger partial charge in [0.25, 0.3) is 0 Å². The van der Waals surface area contributed by atoms with Crippen LogP contribution in [0.1, 0.15) is 24.5 Å². The molecule has 150 valence electrons. The van der Waals surface area contributed by atoms with Crippen molar-refractivity contribution < 1.29 is 27.9 Å². The highest BCUT2D eigenvalue weighted by Gasteiger charge is 2.36. The van der Waals surface area contributed by atoms with Crippen LogP contribution >= 0.6 is 0 Å². The predicted octanol–water partition coefficient (Wildman–Crippen LogP) is 1.24. The van der Waals surface area contributed by atoms with Crippen molar-refractivity contribution in [1.82, 2.24) is 15.1 Å². The van der Waals surface area contributed by atoms with E-state index in [4.69, 9.17) is 5.11 Å². The Hall–Kier alpha value is -2.13. The first-order chi connectivity index (χ1) is 12.8. The Labute approximate surface area is 155 Å². The molecular weight excluding hydrogens is 363 g/mol. The summed E-state index contributed by atoms with van der Waals surface area (Å²) in [6.45, 7) is 2.68. The van der Waals surface area contributed by atoms with Crippen LogP contribution in [0.3, 0.4) is 0 Å². The molecule has 0 radical (unpaired) electrons. The Kier molecular flexibility index (Phi) is 7.20. The fourth-order valence-electron chi connectivity index (χ4n) is 3.20. The maximum absolute atomic E-state index is 13.2. The van der Waals surface area contributed by atoms with Gasteiger partial charge in [-0.15, -0.1) is 0 Å². The number of rotatable bonds is 7. The Bertz CT molecular complexity index is 667. The number of halogens is 3. The fourth-order valence-corrected chi connectivity index (χ4v) is 3.20. The van der Waals surface area contributed by atoms with Gasteiger partial charge in [0.1, 0.15) is 0 Å². The zero-order valence-corrected chi connectivity index (χ0v) is 15.1. The summed E-state index contributed by atoms with van der Waals surface area (Å²) in [6.07, 6.45) is -4.63. The molecule has 1 atom stereocenters. The Morgan fingerprint density at radius 1 is 1.37 bits per heavy atom. The van der Waals surface area contributed by atoms with Crippen LogP contribution in [0.5, 0.6) is 0 Å². The number of nitrogens with one attached hydrogen (secondary N) is 1. The topological polar surface area (TPSA) is 72.9 Å². The van der Waals surface area contributed by atoms with Gasteiger partial charge in [0.2, 0.25) is 11.8 Å². The molecule has 27 heavy (non-hydrogen) atoms. The van der Waals surface area contributed by atoms with E-state index in [-0.39, 0.29) is 43.5 Å². The minimum atomic E-state index is -4.49. The lowest BCUT2D eigenvalue weighted by Crippen LogP contribution is -2.56. The van der Waals surface area contributed by atoms with Gasteiger partial charge in [0.15, 0.2) is 0 Å². The third-order valence-corrected chi connectivity index (χ3v) is 4.61. The highest BCUT2D eigenvalue weighted by molar-refractivity contribution is 5.88. The van der Waals surface area contributed by atoms with Crippen molar-refractivity contribution in [2.75, 3.05) is 32.8 Å². The lowest BCUT2D eigenvalue weighted by atomic mass is 10.0. The summed E-state index contributed by atoms with van der Waals surface area (Å²) in [5.41, 5.74) is -0.670. The molecule has 6 nitrogen and oxygen atoms in total. The highest BCUT2D eigenvalue weighted by Crippen LogP contribution is 2.32. The van der Waals surface area contributed by atoms with E-state index in [2.05, 4.69) is 5.32 Å². The van der Waals surface area contributed by atoms with Crippen LogP contribution in [0.25, 0.3) is 0 Å². The van der Waals surface area contributed by atoms with Gasteiger partial charge in [0, 0.05) is 32.7 Å². The normalized spacial score (nSPS) is 18.3. The molecule has 0 aliphatic carbocycles. The first-order valence-corrected chi connectivity index (χ1v) is 8.83. The van der Waals surface area contributed by atoms with Gasteiger partial charge in [-0.25, -0.2) is 0 Å². The molecule has 1 unspecified atom stereocenters. The van der Waals surface area contributed by atoms with Gasteiger partial charge in [-0.1, -0.05) is 18.2 Å². The van der Waals surface area contributed by atoms with Crippen molar-refractivity contribution in [3.05, 3.63) is 35.4 Å². The van der Waals surface area contributed by atoms with Crippen LogP contribution in [0.4, 0.5) is 13.2 Å². The van der Waals surface area contributed by atoms with Crippen LogP contribution in [0.15, 0.2) is 24.3 Å². The predicted molar refractivity (Wildman–Crippen MR) is 92.6 cm³/mol. The summed E-state index contributed by atoms with van der Waals surface area (Å²) < 4.78 is 39.7. The Morgan fingerprint density at radius 3 is 2.70 bits per heavy atom. The van der Waals surface area contributed by atoms with Gasteiger partial charge in [-0.2, -0.15) is 13.2 Å². The number of piperazine rings is 1. The zero-order valence-electron chi connectivity index (χ0n) is 15.1. The number of likely N-dealkylation sites (N-methyl/N-ethyl adjacent to an activating group) is 1. The molecule has 1 fully saturated rings. The molecule has 1 aliphatic heterocycles. The van der Waals surface area contributed by atoms with E-state index in [1.54, 1.807) is 11.8 Å². The second-order valence-electron chi connectivity index (χ2n) is 6.33. The number of carbonyl (C=O) groups is 2. The number of alkyl halides is 3. The first kappa shape index (κ1) is 21.2. The molecule has 1 aromatic rings. The molecule has 0 bridgehead atoms. The van der Waals surface area contributed by atoms with Crippen molar-refractivity contribution in [2.45, 2.75) is 32.1 Å². The molecule has 1 heterocycles. The first-order valence-electron chi connectivity index (χ1n) is 8.83. The summed E-state index contributed by atoms with van der Waals surface area (Å²) >= 11 is 0. The molecule has 1 saturated heterocycles. The molecule has 0 aromatic heterocycles. The van der Waals surface area contributed by atoms with Crippen LogP contribution in [-0.4, -0.2) is 65.5 Å². The molecule has 0 saturated carbocycles. The van der Waals surface area contributed by atoms with Crippen molar-refractivity contribution in [2.24, 2.45) is 0 Å². The van der Waals surface area contributed by atoms with Crippen molar-refractivity contribution >= 4 is 11.8 Å². The average molecular weight is 387 g/mol. The van der Waals surface area contributed by atoms with E-state index >= 15 is 0 Å². The quantitative estimate of drug-likeness (QED) is 0.738. The molecule has 1 aliphatic rings. The standard InChI is InChI=1S/C18H24F3N3O3/c1-2-23(9-10-25)16(26)11-15-17(27)22-7-8-24(15)12-13-5-3-4-6-14(13)18(19,20)21/h3-6,15,25H,2,7-12H2,1H3,(H,22,27). The molecule has 9 heteroatoms. The van der Waals surface area contributed by atoms with Crippen molar-refractivity contribution in [3.8, 4) is 0 Å². The van der Waals surface area contributed by atoms with Crippen LogP contribution in [0, 0.1) is 0 Å². The number of aliphatic hydroxyl groups excluding tert-OH is 1. The van der Waals surface area contributed by atoms with Gasteiger partial charge in [-0.3, -0.25) is 14.5 Å². The molecule has 2 rings (SSSR count). The third kappa shape index (κ3) is 5.43. The average Bonchev–Trinajstić information content (AvgIpc) is 2.62. The molecule has 2 N–H and O–H groups in total. The van der Waals surface area contributed by atoms with Gasteiger partial charge >= 0.3 is 6.18 Å². The van der Waals surface area contributed by atoms with Crippen molar-refractivity contribution in [1.29, 1.82) is 0 Å². The van der Waals surface area contributed by atoms with Crippen LogP contribution in [0.2, 0.25) is 0 Å². The van der Waals surface area contributed by atoms with Gasteiger partial charge in [0.05, 0.1) is 24.6 Å². The molecule has 1 aromatic carbocycles. The van der Waals surface area contributed by atoms with E-state index in [1.165, 1.54) is 23.1 Å². The second-order valence-corrected chi connectivity index (χ2v) is 6.33. The maximum Gasteiger partial charge on any atom is 0.416 e. The monoisotopic (exact) mass is 387 g/mol. The summed E-state index contributed by atoms with van der Waals surface area (Å²) in [4.78, 5) is 27.7. The minimum Gasteiger partial charge on any atom is -0.395 e. The third-order valence-electron chi connectivity index (χ3n) is 4.61. The Morgan fingerprint density at radius 2 is 2.07 bits per heavy atom. The largest absolute Gasteiger partial charge is 0.416 e. The molecular formula is C18H24F3N3O3. The van der Waals surface area contributed by atoms with Crippen LogP contribution < -0.4 is 5.32 Å². The van der Waals surface area contributed by atoms with Gasteiger partial charge < -0.3 is 15.3 Å². The summed E-state index contributed by atoms with van der Waals surface area (Å²) in [5.74, 6) is -0.693. The summed E-state index contributed by atoms with van der Waals surface area (Å²) in [6, 6.07) is 4.40. The SMILES string of the molecule is CCN(CCO)C(=O)CC1C(=O)NCCN1Cc1ccccc1C(F)(F)F. The maximum atomic E-state index is 13.2. The van der Waals surface area contributed by atoms with E-state index < -0.39 is 17.8 Å². The lowest BCUT2D eigenvalue weighted by molar-refractivity contribution is -0.140. The fraction of sp³-hybridized carbons (Fsp3) is 0.556. The number of carbonyl (C=O) groups excluding carboxylic acids is 2. The van der Waals surface area contributed by atoms with E-state index in [1.807, 2.05) is 0 Å². The molecule has 0 spiro atoms. The number of hydrogen-bond donors (Lipinski definition) is 2. The highest BCUT2D eigenvalue weighted by atomic mass is 19.4. The van der Waals surface area contributed by atoms with E-state index in [9.17, 15) is 22.8 Å². The van der Waals surface area contributed by atoms with E-state index in [0.29, 0.717) is 19.6 Å². The Balaban J connectivity index is 2.19. The summed E-state index contributed by atoms with van der Waals surface area (Å²) in [7, 11) is 0. The number of amides is 2. The lowest BCUT2D eigenvalue weighted by Gasteiger charge is -2.36. The number of aliphatic hydroxyl groups is 1. The van der Waals surface area contributed by atoms with Crippen LogP contribution in [-0.2, 0) is 22.3 Å². The number of benzene rings is 1. The van der Waals surface area contributed by atoms with E-state index in [0.717, 1.165) is 6.07 Å². The number of nitrogens with zero attached hydrogens (tertiary/aromatic N) is 2. The van der Waals surface area contributed by atoms with Gasteiger partial charge in [-0.05, 0) is 18.6 Å². The smallest absolute Gasteiger partial charge is 0.395 e. The molecule has 2 amide bonds. The second kappa shape index (κ2) is 9.18. The number of hydrogen-bond acceptors (Lipinski definition) is 4. The zero-order chi connectivity index (χ0) is 20.0. The van der Waals surface area contributed by atoms with Crippen molar-refractivity contribution in [3.63, 3.8) is 0 Å². The minimum absolute atomic E-state index is 0.0693.